The predicted molar refractivity (Wildman–Crippen MR) is 174 cm³/mol. The van der Waals surface area contributed by atoms with Gasteiger partial charge in [-0.1, -0.05) is 45.2 Å². The molecule has 45 heavy (non-hydrogen) atoms. The van der Waals surface area contributed by atoms with E-state index in [-0.39, 0.29) is 35.4 Å². The summed E-state index contributed by atoms with van der Waals surface area (Å²) in [5.74, 6) is 3.99. The molecular weight excluding hydrogens is 590 g/mol. The number of hydrogen-bond acceptors (Lipinski definition) is 7. The van der Waals surface area contributed by atoms with Crippen molar-refractivity contribution in [2.75, 3.05) is 20.3 Å². The fraction of sp³-hybridized carbons (Fsp3) is 0.838. The molecule has 14 atom stereocenters. The number of carbonyl (C=O) groups is 1. The van der Waals surface area contributed by atoms with Gasteiger partial charge in [0.15, 0.2) is 18.0 Å². The quantitative estimate of drug-likeness (QED) is 0.255. The van der Waals surface area contributed by atoms with Gasteiger partial charge in [-0.25, -0.2) is 4.98 Å². The topological polar surface area (TPSA) is 98.1 Å². The highest BCUT2D eigenvalue weighted by Gasteiger charge is 2.61. The molecule has 0 spiro atoms. The molecule has 2 N–H and O–H groups in total. The van der Waals surface area contributed by atoms with Crippen LogP contribution < -0.4 is 0 Å². The molecular formula is C37H56ClNO6. The third kappa shape index (κ3) is 6.78. The number of nitrogens with zero attached hydrogens (tertiary/aromatic N) is 1. The first kappa shape index (κ1) is 33.8. The number of aromatic nitrogens is 1. The number of hydrogen-bond donors (Lipinski definition) is 2. The SMILES string of the molecule is COCC[C@H](OC1C(=O)[C@H]1OCC[C@@H](C)[C@H]1CCC2C3C(CC[C@@]21C)[C@@H]1CCCC[C@@H](O)CC1[C@@H](C)[C@H]3O)c1ccnc(Cl)c1. The normalized spacial score (nSPS) is 42.6. The highest BCUT2D eigenvalue weighted by Crippen LogP contribution is 2.66. The van der Waals surface area contributed by atoms with Crippen LogP contribution in [0.2, 0.25) is 5.15 Å². The van der Waals surface area contributed by atoms with Crippen molar-refractivity contribution in [3.8, 4) is 0 Å². The van der Waals surface area contributed by atoms with Crippen molar-refractivity contribution in [3.63, 3.8) is 0 Å². The Balaban J connectivity index is 1.04. The molecule has 0 amide bonds. The van der Waals surface area contributed by atoms with E-state index in [1.54, 1.807) is 19.4 Å². The monoisotopic (exact) mass is 645 g/mol. The van der Waals surface area contributed by atoms with Crippen molar-refractivity contribution in [3.05, 3.63) is 29.0 Å². The zero-order chi connectivity index (χ0) is 31.9. The molecule has 8 heteroatoms. The molecule has 252 valence electrons. The van der Waals surface area contributed by atoms with Crippen LogP contribution in [0.15, 0.2) is 18.3 Å². The van der Waals surface area contributed by atoms with Gasteiger partial charge in [0.05, 0.1) is 18.3 Å². The van der Waals surface area contributed by atoms with Gasteiger partial charge in [-0.2, -0.15) is 0 Å². The molecule has 0 bridgehead atoms. The number of Topliss-reactive ketones (excluding diaryl/α,β-unsaturated/α-hetero) is 1. The number of halogens is 1. The average molecular weight is 646 g/mol. The van der Waals surface area contributed by atoms with Gasteiger partial charge in [0.25, 0.3) is 0 Å². The first-order chi connectivity index (χ1) is 21.6. The number of rotatable bonds is 11. The van der Waals surface area contributed by atoms with Crippen molar-refractivity contribution < 1.29 is 29.2 Å². The molecule has 0 aromatic carbocycles. The zero-order valence-corrected chi connectivity index (χ0v) is 28.5. The number of aliphatic hydroxyl groups is 2. The highest BCUT2D eigenvalue weighted by atomic mass is 35.5. The van der Waals surface area contributed by atoms with E-state index in [1.165, 1.54) is 38.5 Å². The fourth-order valence-corrected chi connectivity index (χ4v) is 11.1. The highest BCUT2D eigenvalue weighted by molar-refractivity contribution is 6.29. The number of ether oxygens (including phenoxy) is 3. The van der Waals surface area contributed by atoms with Gasteiger partial charge in [-0.15, -0.1) is 0 Å². The molecule has 1 aromatic heterocycles. The van der Waals surface area contributed by atoms with E-state index >= 15 is 0 Å². The van der Waals surface area contributed by atoms with Crippen LogP contribution >= 0.6 is 11.6 Å². The number of methoxy groups -OCH3 is 1. The molecule has 1 heterocycles. The van der Waals surface area contributed by atoms with Gasteiger partial charge in [0.1, 0.15) is 5.15 Å². The van der Waals surface area contributed by atoms with Crippen LogP contribution in [0.3, 0.4) is 0 Å². The molecule has 6 rings (SSSR count). The maximum absolute atomic E-state index is 12.7. The minimum atomic E-state index is -0.550. The lowest BCUT2D eigenvalue weighted by atomic mass is 9.47. The molecule has 7 nitrogen and oxygen atoms in total. The number of pyridine rings is 1. The molecule has 0 aliphatic heterocycles. The fourth-order valence-electron chi connectivity index (χ4n) is 10.9. The van der Waals surface area contributed by atoms with Crippen molar-refractivity contribution in [1.82, 2.24) is 4.98 Å². The summed E-state index contributed by atoms with van der Waals surface area (Å²) in [6.07, 6.45) is 11.6. The minimum absolute atomic E-state index is 0.0110. The summed E-state index contributed by atoms with van der Waals surface area (Å²) >= 11 is 6.12. The average Bonchev–Trinajstić information content (AvgIpc) is 3.45. The van der Waals surface area contributed by atoms with Gasteiger partial charge in [-0.3, -0.25) is 4.79 Å². The van der Waals surface area contributed by atoms with Gasteiger partial charge >= 0.3 is 0 Å². The van der Waals surface area contributed by atoms with Gasteiger partial charge < -0.3 is 24.4 Å². The second kappa shape index (κ2) is 14.2. The molecule has 1 aromatic rings. The van der Waals surface area contributed by atoms with Crippen LogP contribution in [0, 0.1) is 52.8 Å². The smallest absolute Gasteiger partial charge is 0.196 e. The Morgan fingerprint density at radius 3 is 2.62 bits per heavy atom. The van der Waals surface area contributed by atoms with E-state index in [2.05, 4.69) is 25.8 Å². The van der Waals surface area contributed by atoms with E-state index in [0.717, 1.165) is 31.2 Å². The van der Waals surface area contributed by atoms with Crippen LogP contribution in [0.1, 0.15) is 103 Å². The lowest BCUT2D eigenvalue weighted by Crippen LogP contribution is -2.57. The maximum atomic E-state index is 12.7. The summed E-state index contributed by atoms with van der Waals surface area (Å²) in [7, 11) is 1.66. The molecule has 5 saturated carbocycles. The summed E-state index contributed by atoms with van der Waals surface area (Å²) in [6, 6.07) is 3.65. The molecule has 5 fully saturated rings. The second-order valence-corrected chi connectivity index (χ2v) is 16.0. The first-order valence-electron chi connectivity index (χ1n) is 17.9. The van der Waals surface area contributed by atoms with Gasteiger partial charge in [0, 0.05) is 32.9 Å². The lowest BCUT2D eigenvalue weighted by Gasteiger charge is -2.59. The molecule has 5 aliphatic rings. The molecule has 5 aliphatic carbocycles. The number of carbonyl (C=O) groups excluding carboxylic acids is 1. The third-order valence-electron chi connectivity index (χ3n) is 13.3. The Labute approximate surface area is 275 Å². The maximum Gasteiger partial charge on any atom is 0.196 e. The summed E-state index contributed by atoms with van der Waals surface area (Å²) in [6.45, 7) is 8.23. The molecule has 5 unspecified atom stereocenters. The third-order valence-corrected chi connectivity index (χ3v) is 13.5. The zero-order valence-electron chi connectivity index (χ0n) is 27.8. The second-order valence-electron chi connectivity index (χ2n) is 15.6. The Morgan fingerprint density at radius 1 is 1.04 bits per heavy atom. The lowest BCUT2D eigenvalue weighted by molar-refractivity contribution is -0.155. The van der Waals surface area contributed by atoms with E-state index in [9.17, 15) is 15.0 Å². The van der Waals surface area contributed by atoms with Crippen LogP contribution in [-0.4, -0.2) is 65.7 Å². The van der Waals surface area contributed by atoms with Crippen molar-refractivity contribution >= 4 is 17.4 Å². The summed E-state index contributed by atoms with van der Waals surface area (Å²) in [4.78, 5) is 16.8. The van der Waals surface area contributed by atoms with Crippen molar-refractivity contribution in [1.29, 1.82) is 0 Å². The number of aliphatic hydroxyl groups excluding tert-OH is 2. The van der Waals surface area contributed by atoms with Crippen LogP contribution in [0.4, 0.5) is 0 Å². The molecule has 0 radical (unpaired) electrons. The van der Waals surface area contributed by atoms with Gasteiger partial charge in [-0.05, 0) is 122 Å². The number of ketones is 1. The summed E-state index contributed by atoms with van der Waals surface area (Å²) in [5.41, 5.74) is 1.12. The van der Waals surface area contributed by atoms with E-state index < -0.39 is 12.2 Å². The summed E-state index contributed by atoms with van der Waals surface area (Å²) in [5, 5.41) is 22.9. The standard InChI is InChI=1S/C37H56ClNO6/c1-21(13-18-44-35-34(42)36(35)45-30(14-17-43-4)23-12-16-39-31(38)19-23)28-9-10-29-32-26(11-15-37(28,29)3)25-8-6-5-7-24(40)20-27(25)22(2)33(32)41/h12,16,19,21-22,24-30,32-33,35-36,40-41H,5-11,13-15,17-18,20H2,1-4H3/t21-,22-,24-,25+,26?,27?,28-,29?,30+,32?,33-,35-,36?,37-/m1/s1. The minimum Gasteiger partial charge on any atom is -0.393 e. The Kier molecular flexibility index (Phi) is 10.6. The molecule has 0 saturated heterocycles. The van der Waals surface area contributed by atoms with Crippen molar-refractivity contribution in [2.45, 2.75) is 122 Å². The summed E-state index contributed by atoms with van der Waals surface area (Å²) < 4.78 is 17.6. The first-order valence-corrected chi connectivity index (χ1v) is 18.3. The largest absolute Gasteiger partial charge is 0.393 e. The van der Waals surface area contributed by atoms with Crippen molar-refractivity contribution in [2.24, 2.45) is 52.8 Å². The number of fused-ring (bicyclic) bond motifs is 5. The van der Waals surface area contributed by atoms with E-state index in [4.69, 9.17) is 25.8 Å². The van der Waals surface area contributed by atoms with E-state index in [0.29, 0.717) is 66.2 Å². The van der Waals surface area contributed by atoms with Crippen LogP contribution in [0.5, 0.6) is 0 Å². The Bertz CT molecular complexity index is 1170. The van der Waals surface area contributed by atoms with Crippen LogP contribution in [0.25, 0.3) is 0 Å². The van der Waals surface area contributed by atoms with Crippen LogP contribution in [-0.2, 0) is 19.0 Å². The van der Waals surface area contributed by atoms with Gasteiger partial charge in [0.2, 0.25) is 0 Å². The predicted octanol–water partition coefficient (Wildman–Crippen LogP) is 6.82. The van der Waals surface area contributed by atoms with E-state index in [1.807, 2.05) is 6.07 Å². The Morgan fingerprint density at radius 2 is 1.84 bits per heavy atom. The Hall–Kier alpha value is -1.09.